The molecule has 4 rings (SSSR count). The quantitative estimate of drug-likeness (QED) is 0.508. The molecule has 30 heavy (non-hydrogen) atoms. The summed E-state index contributed by atoms with van der Waals surface area (Å²) in [6.45, 7) is 3.90. The molecule has 3 heterocycles. The van der Waals surface area contributed by atoms with Gasteiger partial charge in [-0.15, -0.1) is 0 Å². The molecule has 2 saturated heterocycles. The van der Waals surface area contributed by atoms with Crippen molar-refractivity contribution in [1.29, 1.82) is 0 Å². The minimum atomic E-state index is -0.233. The van der Waals surface area contributed by atoms with E-state index in [2.05, 4.69) is 4.90 Å². The SMILES string of the molecule is COCCCN1C(=O)c2cccc(N3CCC[C@H](C(=O)N4CCSCC4)C3)c2C1=O. The van der Waals surface area contributed by atoms with Gasteiger partial charge in [-0.3, -0.25) is 19.3 Å². The molecule has 3 aliphatic rings. The molecule has 3 amide bonds. The highest BCUT2D eigenvalue weighted by Crippen LogP contribution is 2.34. The molecule has 0 radical (unpaired) electrons. The standard InChI is InChI=1S/C22H29N3O4S/c1-29-12-4-9-25-21(27)17-6-2-7-18(19(17)22(25)28)24-8-3-5-16(15-24)20(26)23-10-13-30-14-11-23/h2,6-7,16H,3-5,8-15H2,1H3/t16-/m0/s1. The molecular formula is C22H29N3O4S. The van der Waals surface area contributed by atoms with E-state index in [-0.39, 0.29) is 23.6 Å². The number of nitrogens with zero attached hydrogens (tertiary/aromatic N) is 3. The highest BCUT2D eigenvalue weighted by molar-refractivity contribution is 7.99. The lowest BCUT2D eigenvalue weighted by Crippen LogP contribution is -2.47. The number of amides is 3. The number of fused-ring (bicyclic) bond motifs is 1. The Bertz CT molecular complexity index is 825. The Morgan fingerprint density at radius 2 is 1.97 bits per heavy atom. The van der Waals surface area contributed by atoms with Crippen molar-refractivity contribution in [3.63, 3.8) is 0 Å². The zero-order chi connectivity index (χ0) is 21.1. The normalized spacial score (nSPS) is 21.9. The van der Waals surface area contributed by atoms with Crippen molar-refractivity contribution in [3.05, 3.63) is 29.3 Å². The van der Waals surface area contributed by atoms with Crippen LogP contribution in [0.4, 0.5) is 5.69 Å². The number of imide groups is 1. The second-order valence-corrected chi connectivity index (χ2v) is 9.26. The van der Waals surface area contributed by atoms with Crippen LogP contribution in [0.15, 0.2) is 18.2 Å². The van der Waals surface area contributed by atoms with Crippen molar-refractivity contribution in [2.75, 3.05) is 62.8 Å². The summed E-state index contributed by atoms with van der Waals surface area (Å²) >= 11 is 1.89. The predicted molar refractivity (Wildman–Crippen MR) is 117 cm³/mol. The Hall–Kier alpha value is -2.06. The molecule has 2 fully saturated rings. The van der Waals surface area contributed by atoms with Crippen LogP contribution in [0.5, 0.6) is 0 Å². The van der Waals surface area contributed by atoms with Gasteiger partial charge in [0.25, 0.3) is 11.8 Å². The van der Waals surface area contributed by atoms with Crippen molar-refractivity contribution in [3.8, 4) is 0 Å². The summed E-state index contributed by atoms with van der Waals surface area (Å²) in [7, 11) is 1.61. The maximum Gasteiger partial charge on any atom is 0.263 e. The van der Waals surface area contributed by atoms with Gasteiger partial charge in [-0.25, -0.2) is 0 Å². The van der Waals surface area contributed by atoms with Gasteiger partial charge in [-0.05, 0) is 31.4 Å². The van der Waals surface area contributed by atoms with E-state index in [4.69, 9.17) is 4.74 Å². The van der Waals surface area contributed by atoms with E-state index in [1.54, 1.807) is 13.2 Å². The molecule has 0 aromatic heterocycles. The Balaban J connectivity index is 1.52. The number of thioether (sulfide) groups is 1. The van der Waals surface area contributed by atoms with Crippen LogP contribution in [0.3, 0.4) is 0 Å². The third-order valence-electron chi connectivity index (χ3n) is 6.14. The molecule has 1 aromatic rings. The smallest absolute Gasteiger partial charge is 0.263 e. The zero-order valence-electron chi connectivity index (χ0n) is 17.5. The largest absolute Gasteiger partial charge is 0.385 e. The average molecular weight is 432 g/mol. The number of carbonyl (C=O) groups is 3. The van der Waals surface area contributed by atoms with Gasteiger partial charge in [0.05, 0.1) is 22.7 Å². The fourth-order valence-electron chi connectivity index (χ4n) is 4.59. The first-order valence-corrected chi connectivity index (χ1v) is 11.9. The molecule has 8 heteroatoms. The van der Waals surface area contributed by atoms with Crippen LogP contribution >= 0.6 is 11.8 Å². The topological polar surface area (TPSA) is 70.2 Å². The van der Waals surface area contributed by atoms with Gasteiger partial charge < -0.3 is 14.5 Å². The van der Waals surface area contributed by atoms with Gasteiger partial charge in [-0.1, -0.05) is 6.07 Å². The van der Waals surface area contributed by atoms with Gasteiger partial charge in [0.15, 0.2) is 0 Å². The average Bonchev–Trinajstić information content (AvgIpc) is 3.04. The number of hydrogen-bond donors (Lipinski definition) is 0. The number of carbonyl (C=O) groups excluding carboxylic acids is 3. The molecule has 0 bridgehead atoms. The zero-order valence-corrected chi connectivity index (χ0v) is 18.3. The first-order valence-electron chi connectivity index (χ1n) is 10.7. The van der Waals surface area contributed by atoms with Crippen molar-refractivity contribution >= 4 is 35.2 Å². The van der Waals surface area contributed by atoms with Gasteiger partial charge in [0.1, 0.15) is 0 Å². The molecule has 0 aliphatic carbocycles. The molecule has 0 N–H and O–H groups in total. The molecule has 1 atom stereocenters. The van der Waals surface area contributed by atoms with Crippen LogP contribution in [0, 0.1) is 5.92 Å². The number of rotatable bonds is 6. The lowest BCUT2D eigenvalue weighted by atomic mass is 9.94. The maximum atomic E-state index is 13.1. The van der Waals surface area contributed by atoms with Gasteiger partial charge in [0, 0.05) is 57.9 Å². The first kappa shape index (κ1) is 21.2. The number of benzene rings is 1. The van der Waals surface area contributed by atoms with E-state index in [1.165, 1.54) is 4.90 Å². The molecule has 3 aliphatic heterocycles. The van der Waals surface area contributed by atoms with E-state index in [1.807, 2.05) is 28.8 Å². The Morgan fingerprint density at radius 1 is 1.17 bits per heavy atom. The van der Waals surface area contributed by atoms with Crippen molar-refractivity contribution in [1.82, 2.24) is 9.80 Å². The Kier molecular flexibility index (Phi) is 6.63. The van der Waals surface area contributed by atoms with Crippen LogP contribution in [0.1, 0.15) is 40.0 Å². The van der Waals surface area contributed by atoms with E-state index in [0.29, 0.717) is 37.2 Å². The molecule has 0 saturated carbocycles. The van der Waals surface area contributed by atoms with Gasteiger partial charge in [0.2, 0.25) is 5.91 Å². The maximum absolute atomic E-state index is 13.1. The summed E-state index contributed by atoms with van der Waals surface area (Å²) in [6, 6.07) is 5.48. The number of hydrogen-bond acceptors (Lipinski definition) is 6. The second-order valence-electron chi connectivity index (χ2n) is 8.03. The summed E-state index contributed by atoms with van der Waals surface area (Å²) in [4.78, 5) is 44.4. The van der Waals surface area contributed by atoms with E-state index in [9.17, 15) is 14.4 Å². The molecule has 0 unspecified atom stereocenters. The second kappa shape index (κ2) is 9.39. The third kappa shape index (κ3) is 4.07. The number of piperidine rings is 1. The van der Waals surface area contributed by atoms with Crippen molar-refractivity contribution in [2.24, 2.45) is 5.92 Å². The summed E-state index contributed by atoms with van der Waals surface area (Å²) < 4.78 is 5.06. The highest BCUT2D eigenvalue weighted by atomic mass is 32.2. The summed E-state index contributed by atoms with van der Waals surface area (Å²) in [5, 5.41) is 0. The lowest BCUT2D eigenvalue weighted by Gasteiger charge is -2.37. The van der Waals surface area contributed by atoms with Crippen LogP contribution in [0.25, 0.3) is 0 Å². The molecule has 0 spiro atoms. The van der Waals surface area contributed by atoms with Gasteiger partial charge >= 0.3 is 0 Å². The fourth-order valence-corrected chi connectivity index (χ4v) is 5.49. The first-order chi connectivity index (χ1) is 14.6. The number of methoxy groups -OCH3 is 1. The van der Waals surface area contributed by atoms with Crippen LogP contribution in [-0.4, -0.2) is 85.5 Å². The van der Waals surface area contributed by atoms with Crippen LogP contribution < -0.4 is 4.90 Å². The molecule has 7 nitrogen and oxygen atoms in total. The Labute approximate surface area is 181 Å². The van der Waals surface area contributed by atoms with Crippen molar-refractivity contribution < 1.29 is 19.1 Å². The molecule has 1 aromatic carbocycles. The lowest BCUT2D eigenvalue weighted by molar-refractivity contribution is -0.135. The van der Waals surface area contributed by atoms with Crippen LogP contribution in [0.2, 0.25) is 0 Å². The van der Waals surface area contributed by atoms with E-state index in [0.717, 1.165) is 49.7 Å². The summed E-state index contributed by atoms with van der Waals surface area (Å²) in [5.41, 5.74) is 1.74. The fraction of sp³-hybridized carbons (Fsp3) is 0.591. The van der Waals surface area contributed by atoms with E-state index < -0.39 is 0 Å². The van der Waals surface area contributed by atoms with Crippen molar-refractivity contribution in [2.45, 2.75) is 19.3 Å². The predicted octanol–water partition coefficient (Wildman–Crippen LogP) is 2.11. The van der Waals surface area contributed by atoms with E-state index >= 15 is 0 Å². The van der Waals surface area contributed by atoms with Crippen LogP contribution in [-0.2, 0) is 9.53 Å². The minimum absolute atomic E-state index is 0.0530. The number of anilines is 1. The highest BCUT2D eigenvalue weighted by Gasteiger charge is 2.39. The minimum Gasteiger partial charge on any atom is -0.385 e. The molecule has 162 valence electrons. The summed E-state index contributed by atoms with van der Waals surface area (Å²) in [5.74, 6) is 1.72. The molecular weight excluding hydrogens is 402 g/mol. The monoisotopic (exact) mass is 431 g/mol. The third-order valence-corrected chi connectivity index (χ3v) is 7.08. The van der Waals surface area contributed by atoms with Gasteiger partial charge in [-0.2, -0.15) is 11.8 Å². The summed E-state index contributed by atoms with van der Waals surface area (Å²) in [6.07, 6.45) is 2.40. The Morgan fingerprint density at radius 3 is 2.73 bits per heavy atom. The number of ether oxygens (including phenoxy) is 1.